The quantitative estimate of drug-likeness (QED) is 0.156. The first kappa shape index (κ1) is 33.5. The number of furan rings is 1. The lowest BCUT2D eigenvalue weighted by molar-refractivity contribution is 0.669. The molecule has 0 aliphatic heterocycles. The molecule has 0 amide bonds. The van der Waals surface area contributed by atoms with Gasteiger partial charge in [-0.05, 0) is 80.7 Å². The Hall–Kier alpha value is -7.86. The number of benzene rings is 8. The lowest BCUT2D eigenvalue weighted by Gasteiger charge is -2.11. The van der Waals surface area contributed by atoms with E-state index in [9.17, 15) is 10.2 Å². The molecule has 0 radical (unpaired) electrons. The van der Waals surface area contributed by atoms with E-state index in [-0.39, 0.29) is 11.3 Å². The Labute approximate surface area is 335 Å². The Kier molecular flexibility index (Phi) is 7.74. The van der Waals surface area contributed by atoms with Crippen LogP contribution >= 0.6 is 11.3 Å². The van der Waals surface area contributed by atoms with E-state index in [2.05, 4.69) is 108 Å². The van der Waals surface area contributed by atoms with E-state index in [0.29, 0.717) is 23.0 Å². The number of hydrogen-bond donors (Lipinski definition) is 0. The van der Waals surface area contributed by atoms with E-state index in [1.807, 2.05) is 48.5 Å². The molecule has 3 heterocycles. The number of nitrogens with zero attached hydrogens (tertiary/aromatic N) is 5. The van der Waals surface area contributed by atoms with Gasteiger partial charge in [0.1, 0.15) is 16.9 Å². The monoisotopic (exact) mass is 761 g/mol. The Bertz CT molecular complexity index is 3490. The molecule has 8 heteroatoms. The van der Waals surface area contributed by atoms with Crippen molar-refractivity contribution in [1.82, 2.24) is 15.0 Å². The molecule has 7 nitrogen and oxygen atoms in total. The fourth-order valence-corrected chi connectivity index (χ4v) is 9.30. The van der Waals surface area contributed by atoms with Crippen molar-refractivity contribution in [2.45, 2.75) is 0 Å². The Morgan fingerprint density at radius 1 is 0.517 bits per heavy atom. The van der Waals surface area contributed by atoms with Crippen LogP contribution in [0.25, 0.3) is 109 Å². The van der Waals surface area contributed by atoms with Crippen molar-refractivity contribution in [3.8, 4) is 62.5 Å². The van der Waals surface area contributed by atoms with Gasteiger partial charge in [-0.3, -0.25) is 0 Å². The highest BCUT2D eigenvalue weighted by Crippen LogP contribution is 2.44. The molecule has 0 N–H and O–H groups in total. The van der Waals surface area contributed by atoms with Crippen molar-refractivity contribution in [2.24, 2.45) is 5.18 Å². The molecule has 0 spiro atoms. The molecule has 8 aromatic carbocycles. The Morgan fingerprint density at radius 2 is 1.21 bits per heavy atom. The summed E-state index contributed by atoms with van der Waals surface area (Å²) in [6, 6.07) is 56.9. The summed E-state index contributed by atoms with van der Waals surface area (Å²) >= 11 is 1.75. The number of nitroso groups, excluding NO2 is 1. The third kappa shape index (κ3) is 5.53. The summed E-state index contributed by atoms with van der Waals surface area (Å²) in [5.74, 6) is 1.27. The number of rotatable bonds is 6. The fourth-order valence-electron chi connectivity index (χ4n) is 8.04. The van der Waals surface area contributed by atoms with Gasteiger partial charge in [0, 0.05) is 47.6 Å². The fraction of sp³-hybridized carbons (Fsp3) is 0. The minimum absolute atomic E-state index is 0.122. The van der Waals surface area contributed by atoms with Crippen molar-refractivity contribution >= 4 is 69.9 Å². The van der Waals surface area contributed by atoms with Crippen LogP contribution in [0.15, 0.2) is 173 Å². The summed E-state index contributed by atoms with van der Waals surface area (Å²) in [6.45, 7) is 0. The highest BCUT2D eigenvalue weighted by atomic mass is 32.1. The average molecular weight is 762 g/mol. The molecule has 0 bridgehead atoms. The van der Waals surface area contributed by atoms with Crippen LogP contribution in [0.4, 0.5) is 5.69 Å². The summed E-state index contributed by atoms with van der Waals surface area (Å²) < 4.78 is 8.48. The second-order valence-corrected chi connectivity index (χ2v) is 15.2. The smallest absolute Gasteiger partial charge is 0.164 e. The standard InChI is InChI=1S/C50H27N5O2S/c51-28-29-23-34(25-35(24-29)55-56)49-52-48(53-50(54-49)40-16-8-18-45-46(40)39-15-7-14-37(47(39)58-45)30-9-2-1-3-10-30)32-21-19-31(20-22-32)36-13-6-11-33-26-44-42(27-41(33)36)38-12-4-5-17-43(38)57-44/h1-27H. The SMILES string of the molecule is N#Cc1cc(N=O)cc(-c2nc(-c3ccc(-c4cccc5cc6oc7ccccc7c6cc45)cc3)nc(-c3cccc4sc5c(-c6ccccc6)cccc5c34)n2)c1. The predicted octanol–water partition coefficient (Wildman–Crippen LogP) is 13.9. The van der Waals surface area contributed by atoms with Gasteiger partial charge in [0.2, 0.25) is 0 Å². The van der Waals surface area contributed by atoms with Gasteiger partial charge < -0.3 is 4.42 Å². The molecule has 0 aliphatic carbocycles. The lowest BCUT2D eigenvalue weighted by atomic mass is 9.96. The minimum atomic E-state index is 0.122. The second kappa shape index (κ2) is 13.4. The number of thiophene rings is 1. The van der Waals surface area contributed by atoms with Gasteiger partial charge >= 0.3 is 0 Å². The summed E-state index contributed by atoms with van der Waals surface area (Å²) in [4.78, 5) is 26.9. The maximum Gasteiger partial charge on any atom is 0.164 e. The zero-order valence-corrected chi connectivity index (χ0v) is 31.4. The van der Waals surface area contributed by atoms with Crippen LogP contribution in [0.1, 0.15) is 5.56 Å². The topological polar surface area (TPSA) is 105 Å². The highest BCUT2D eigenvalue weighted by molar-refractivity contribution is 7.26. The number of para-hydroxylation sites is 1. The van der Waals surface area contributed by atoms with Gasteiger partial charge in [-0.15, -0.1) is 16.2 Å². The molecule has 0 atom stereocenters. The lowest BCUT2D eigenvalue weighted by Crippen LogP contribution is -2.00. The second-order valence-electron chi connectivity index (χ2n) is 14.2. The van der Waals surface area contributed by atoms with Gasteiger partial charge in [-0.25, -0.2) is 15.0 Å². The zero-order chi connectivity index (χ0) is 38.7. The van der Waals surface area contributed by atoms with Gasteiger partial charge in [0.25, 0.3) is 0 Å². The van der Waals surface area contributed by atoms with E-state index in [1.54, 1.807) is 23.5 Å². The first-order valence-corrected chi connectivity index (χ1v) is 19.5. The molecular weight excluding hydrogens is 735 g/mol. The van der Waals surface area contributed by atoms with Gasteiger partial charge in [-0.1, -0.05) is 121 Å². The zero-order valence-electron chi connectivity index (χ0n) is 30.5. The largest absolute Gasteiger partial charge is 0.456 e. The number of aromatic nitrogens is 3. The molecule has 58 heavy (non-hydrogen) atoms. The van der Waals surface area contributed by atoms with Gasteiger partial charge in [0.15, 0.2) is 17.5 Å². The van der Waals surface area contributed by atoms with E-state index >= 15 is 0 Å². The summed E-state index contributed by atoms with van der Waals surface area (Å²) in [5, 5.41) is 19.5. The molecule has 0 saturated heterocycles. The molecule has 270 valence electrons. The van der Waals surface area contributed by atoms with Crippen LogP contribution < -0.4 is 0 Å². The van der Waals surface area contributed by atoms with Crippen LogP contribution in [-0.2, 0) is 0 Å². The van der Waals surface area contributed by atoms with Crippen molar-refractivity contribution in [3.63, 3.8) is 0 Å². The van der Waals surface area contributed by atoms with Crippen molar-refractivity contribution in [3.05, 3.63) is 174 Å². The number of fused-ring (bicyclic) bond motifs is 7. The molecule has 11 aromatic rings. The normalized spacial score (nSPS) is 11.5. The molecule has 0 saturated carbocycles. The van der Waals surface area contributed by atoms with E-state index in [4.69, 9.17) is 19.4 Å². The van der Waals surface area contributed by atoms with Crippen LogP contribution in [-0.4, -0.2) is 15.0 Å². The summed E-state index contributed by atoms with van der Waals surface area (Å²) in [7, 11) is 0. The van der Waals surface area contributed by atoms with E-state index in [1.165, 1.54) is 16.3 Å². The molecule has 0 fully saturated rings. The Morgan fingerprint density at radius 3 is 2.05 bits per heavy atom. The first-order valence-electron chi connectivity index (χ1n) is 18.7. The van der Waals surface area contributed by atoms with E-state index in [0.717, 1.165) is 76.0 Å². The third-order valence-electron chi connectivity index (χ3n) is 10.7. The van der Waals surface area contributed by atoms with Crippen LogP contribution in [0.3, 0.4) is 0 Å². The highest BCUT2D eigenvalue weighted by Gasteiger charge is 2.20. The number of hydrogen-bond acceptors (Lipinski definition) is 8. The van der Waals surface area contributed by atoms with Crippen molar-refractivity contribution in [2.75, 3.05) is 0 Å². The molecule has 0 unspecified atom stereocenters. The molecule has 11 rings (SSSR count). The summed E-state index contributed by atoms with van der Waals surface area (Å²) in [6.07, 6.45) is 0. The maximum absolute atomic E-state index is 11.7. The molecule has 3 aromatic heterocycles. The molecule has 0 aliphatic rings. The third-order valence-corrected chi connectivity index (χ3v) is 11.9. The van der Waals surface area contributed by atoms with Gasteiger partial charge in [0.05, 0.1) is 11.6 Å². The van der Waals surface area contributed by atoms with Crippen LogP contribution in [0.2, 0.25) is 0 Å². The van der Waals surface area contributed by atoms with Crippen molar-refractivity contribution < 1.29 is 4.42 Å². The maximum atomic E-state index is 11.7. The first-order chi connectivity index (χ1) is 28.6. The van der Waals surface area contributed by atoms with Crippen LogP contribution in [0.5, 0.6) is 0 Å². The Balaban J connectivity index is 1.08. The van der Waals surface area contributed by atoms with Crippen molar-refractivity contribution in [1.29, 1.82) is 5.26 Å². The summed E-state index contributed by atoms with van der Waals surface area (Å²) in [5.41, 5.74) is 8.74. The average Bonchev–Trinajstić information content (AvgIpc) is 3.86. The van der Waals surface area contributed by atoms with Crippen LogP contribution in [0, 0.1) is 16.2 Å². The number of nitriles is 1. The molecular formula is C50H27N5O2S. The van der Waals surface area contributed by atoms with Gasteiger partial charge in [-0.2, -0.15) is 5.26 Å². The minimum Gasteiger partial charge on any atom is -0.456 e. The van der Waals surface area contributed by atoms with E-state index < -0.39 is 0 Å². The predicted molar refractivity (Wildman–Crippen MR) is 235 cm³/mol.